The lowest BCUT2D eigenvalue weighted by atomic mass is 9.99. The van der Waals surface area contributed by atoms with Gasteiger partial charge in [-0.15, -0.1) is 0 Å². The summed E-state index contributed by atoms with van der Waals surface area (Å²) < 4.78 is 7.01. The Morgan fingerprint density at radius 3 is 2.65 bits per heavy atom. The number of halogens is 1. The second-order valence-electron chi connectivity index (χ2n) is 8.17. The zero-order valence-electron chi connectivity index (χ0n) is 18.4. The quantitative estimate of drug-likeness (QED) is 0.595. The molecule has 3 aromatic rings. The summed E-state index contributed by atoms with van der Waals surface area (Å²) in [5.74, 6) is 0.824. The van der Waals surface area contributed by atoms with E-state index in [1.165, 1.54) is 6.33 Å². The van der Waals surface area contributed by atoms with Crippen LogP contribution in [-0.4, -0.2) is 36.4 Å². The molecule has 0 aliphatic rings. The molecule has 9 nitrogen and oxygen atoms in total. The summed E-state index contributed by atoms with van der Waals surface area (Å²) in [4.78, 5) is 25.0. The fraction of sp³-hybridized carbons (Fsp3) is 0.381. The number of anilines is 2. The molecule has 0 spiro atoms. The molecule has 2 aromatic heterocycles. The maximum atomic E-state index is 12.1. The van der Waals surface area contributed by atoms with Crippen molar-refractivity contribution in [2.45, 2.75) is 46.3 Å². The fourth-order valence-electron chi connectivity index (χ4n) is 3.01. The van der Waals surface area contributed by atoms with E-state index in [2.05, 4.69) is 30.7 Å². The highest BCUT2D eigenvalue weighted by atomic mass is 35.5. The summed E-state index contributed by atoms with van der Waals surface area (Å²) in [5.41, 5.74) is 2.57. The van der Waals surface area contributed by atoms with Gasteiger partial charge in [0, 0.05) is 18.8 Å². The number of carbonyl (C=O) groups excluding carboxylic acids is 1. The standard InChI is InChI=1S/C21H26ClN7O2/c1-12-15(13(2)26-20(30)31-21(3,4)5)7-8-16(17(12)22)18-23-11-24-19(28-18)27-14-9-25-29(6)10-14/h7-11,13H,1-6H3,(H,26,30)(H,23,24,27,28)/t13-/m1/s1. The second-order valence-corrected chi connectivity index (χ2v) is 8.55. The van der Waals surface area contributed by atoms with Gasteiger partial charge in [-0.05, 0) is 51.8 Å². The molecule has 0 radical (unpaired) electrons. The van der Waals surface area contributed by atoms with E-state index in [0.29, 0.717) is 22.4 Å². The fourth-order valence-corrected chi connectivity index (χ4v) is 3.26. The summed E-state index contributed by atoms with van der Waals surface area (Å²) in [5, 5.41) is 10.5. The van der Waals surface area contributed by atoms with Crippen molar-refractivity contribution in [3.05, 3.63) is 47.0 Å². The number of nitrogens with one attached hydrogen (secondary N) is 2. The Morgan fingerprint density at radius 1 is 1.26 bits per heavy atom. The van der Waals surface area contributed by atoms with Crippen LogP contribution in [0.4, 0.5) is 16.4 Å². The molecule has 0 aliphatic heterocycles. The van der Waals surface area contributed by atoms with Crippen LogP contribution in [0.15, 0.2) is 30.9 Å². The summed E-state index contributed by atoms with van der Waals surface area (Å²) in [6.07, 6.45) is 4.43. The largest absolute Gasteiger partial charge is 0.444 e. The highest BCUT2D eigenvalue weighted by molar-refractivity contribution is 6.34. The van der Waals surface area contributed by atoms with Crippen LogP contribution >= 0.6 is 11.6 Å². The molecule has 10 heteroatoms. The van der Waals surface area contributed by atoms with Crippen molar-refractivity contribution < 1.29 is 9.53 Å². The van der Waals surface area contributed by atoms with Crippen molar-refractivity contribution in [2.75, 3.05) is 5.32 Å². The summed E-state index contributed by atoms with van der Waals surface area (Å²) in [6, 6.07) is 3.44. The first-order valence-corrected chi connectivity index (χ1v) is 10.1. The molecule has 0 saturated carbocycles. The summed E-state index contributed by atoms with van der Waals surface area (Å²) in [6.45, 7) is 9.23. The predicted molar refractivity (Wildman–Crippen MR) is 119 cm³/mol. The van der Waals surface area contributed by atoms with E-state index in [1.54, 1.807) is 10.9 Å². The molecular formula is C21H26ClN7O2. The van der Waals surface area contributed by atoms with Crippen LogP contribution < -0.4 is 10.6 Å². The number of ether oxygens (including phenoxy) is 1. The molecule has 31 heavy (non-hydrogen) atoms. The van der Waals surface area contributed by atoms with Crippen LogP contribution in [0.25, 0.3) is 11.4 Å². The van der Waals surface area contributed by atoms with Gasteiger partial charge in [0.2, 0.25) is 5.95 Å². The maximum Gasteiger partial charge on any atom is 0.408 e. The van der Waals surface area contributed by atoms with E-state index in [1.807, 2.05) is 60.0 Å². The van der Waals surface area contributed by atoms with E-state index in [4.69, 9.17) is 16.3 Å². The van der Waals surface area contributed by atoms with Gasteiger partial charge < -0.3 is 15.4 Å². The molecule has 0 aliphatic carbocycles. The van der Waals surface area contributed by atoms with Gasteiger partial charge in [0.25, 0.3) is 0 Å². The number of nitrogens with zero attached hydrogens (tertiary/aromatic N) is 5. The molecule has 0 saturated heterocycles. The minimum atomic E-state index is -0.569. The zero-order valence-corrected chi connectivity index (χ0v) is 19.2. The van der Waals surface area contributed by atoms with Crippen LogP contribution in [0.5, 0.6) is 0 Å². The summed E-state index contributed by atoms with van der Waals surface area (Å²) in [7, 11) is 1.83. The first kappa shape index (κ1) is 22.5. The lowest BCUT2D eigenvalue weighted by Gasteiger charge is -2.23. The third-order valence-electron chi connectivity index (χ3n) is 4.40. The number of aromatic nitrogens is 5. The van der Waals surface area contributed by atoms with Gasteiger partial charge in [-0.25, -0.2) is 14.8 Å². The van der Waals surface area contributed by atoms with E-state index < -0.39 is 11.7 Å². The van der Waals surface area contributed by atoms with Crippen LogP contribution in [0.3, 0.4) is 0 Å². The molecule has 164 valence electrons. The van der Waals surface area contributed by atoms with Gasteiger partial charge in [0.1, 0.15) is 11.9 Å². The Bertz CT molecular complexity index is 1090. The highest BCUT2D eigenvalue weighted by Crippen LogP contribution is 2.33. The molecule has 1 amide bonds. The third kappa shape index (κ3) is 5.69. The first-order valence-electron chi connectivity index (χ1n) is 9.77. The van der Waals surface area contributed by atoms with Gasteiger partial charge in [0.05, 0.1) is 22.9 Å². The van der Waals surface area contributed by atoms with E-state index in [-0.39, 0.29) is 6.04 Å². The second kappa shape index (κ2) is 8.89. The molecule has 0 unspecified atom stereocenters. The number of amides is 1. The van der Waals surface area contributed by atoms with Crippen LogP contribution in [0.1, 0.15) is 44.9 Å². The van der Waals surface area contributed by atoms with Gasteiger partial charge in [-0.1, -0.05) is 17.7 Å². The molecular weight excluding hydrogens is 418 g/mol. The SMILES string of the molecule is Cc1c([C@@H](C)NC(=O)OC(C)(C)C)ccc(-c2ncnc(Nc3cnn(C)c3)n2)c1Cl. The van der Waals surface area contributed by atoms with Crippen molar-refractivity contribution in [1.82, 2.24) is 30.0 Å². The Kier molecular flexibility index (Phi) is 6.45. The average molecular weight is 444 g/mol. The molecule has 1 atom stereocenters. The number of rotatable bonds is 5. The van der Waals surface area contributed by atoms with Crippen molar-refractivity contribution in [2.24, 2.45) is 7.05 Å². The molecule has 2 N–H and O–H groups in total. The van der Waals surface area contributed by atoms with Crippen LogP contribution in [-0.2, 0) is 11.8 Å². The van der Waals surface area contributed by atoms with Gasteiger partial charge in [-0.3, -0.25) is 4.68 Å². The molecule has 0 fully saturated rings. The van der Waals surface area contributed by atoms with Crippen LogP contribution in [0, 0.1) is 6.92 Å². The molecule has 3 rings (SSSR count). The van der Waals surface area contributed by atoms with E-state index in [0.717, 1.165) is 16.8 Å². The van der Waals surface area contributed by atoms with Gasteiger partial charge in [-0.2, -0.15) is 10.1 Å². The number of hydrogen-bond acceptors (Lipinski definition) is 7. The van der Waals surface area contributed by atoms with Gasteiger partial charge >= 0.3 is 6.09 Å². The van der Waals surface area contributed by atoms with Crippen molar-refractivity contribution in [3.8, 4) is 11.4 Å². The number of hydrogen-bond donors (Lipinski definition) is 2. The lowest BCUT2D eigenvalue weighted by molar-refractivity contribution is 0.0508. The summed E-state index contributed by atoms with van der Waals surface area (Å²) >= 11 is 6.66. The van der Waals surface area contributed by atoms with Crippen molar-refractivity contribution in [1.29, 1.82) is 0 Å². The topological polar surface area (TPSA) is 107 Å². The molecule has 1 aromatic carbocycles. The Labute approximate surface area is 186 Å². The minimum Gasteiger partial charge on any atom is -0.444 e. The number of aryl methyl sites for hydroxylation is 1. The van der Waals surface area contributed by atoms with Gasteiger partial charge in [0.15, 0.2) is 5.82 Å². The first-order chi connectivity index (χ1) is 14.5. The number of benzene rings is 1. The monoisotopic (exact) mass is 443 g/mol. The lowest BCUT2D eigenvalue weighted by Crippen LogP contribution is -2.34. The van der Waals surface area contributed by atoms with E-state index >= 15 is 0 Å². The number of alkyl carbamates (subject to hydrolysis) is 1. The predicted octanol–water partition coefficient (Wildman–Crippen LogP) is 4.56. The van der Waals surface area contributed by atoms with E-state index in [9.17, 15) is 4.79 Å². The number of carbonyl (C=O) groups is 1. The van der Waals surface area contributed by atoms with Crippen LogP contribution in [0.2, 0.25) is 5.02 Å². The Hall–Kier alpha value is -3.20. The Morgan fingerprint density at radius 2 is 2.00 bits per heavy atom. The normalized spacial score (nSPS) is 12.4. The highest BCUT2D eigenvalue weighted by Gasteiger charge is 2.21. The average Bonchev–Trinajstić information content (AvgIpc) is 3.07. The smallest absolute Gasteiger partial charge is 0.408 e. The Balaban J connectivity index is 1.82. The minimum absolute atomic E-state index is 0.289. The molecule has 2 heterocycles. The van der Waals surface area contributed by atoms with Crippen molar-refractivity contribution >= 4 is 29.3 Å². The molecule has 0 bridgehead atoms. The third-order valence-corrected chi connectivity index (χ3v) is 4.89. The zero-order chi connectivity index (χ0) is 22.8. The van der Waals surface area contributed by atoms with Crippen molar-refractivity contribution in [3.63, 3.8) is 0 Å². The maximum absolute atomic E-state index is 12.1.